The summed E-state index contributed by atoms with van der Waals surface area (Å²) in [6, 6.07) is 11.5. The van der Waals surface area contributed by atoms with Crippen molar-refractivity contribution in [2.75, 3.05) is 5.32 Å². The van der Waals surface area contributed by atoms with Gasteiger partial charge in [-0.15, -0.1) is 0 Å². The Hall–Kier alpha value is -3.21. The number of benzene rings is 1. The zero-order valence-corrected chi connectivity index (χ0v) is 15.2. The zero-order valence-electron chi connectivity index (χ0n) is 15.2. The number of fused-ring (bicyclic) bond motifs is 1. The van der Waals surface area contributed by atoms with Crippen LogP contribution in [0, 0.1) is 6.92 Å². The lowest BCUT2D eigenvalue weighted by Crippen LogP contribution is -2.30. The zero-order chi connectivity index (χ0) is 18.8. The summed E-state index contributed by atoms with van der Waals surface area (Å²) in [4.78, 5) is 29.9. The highest BCUT2D eigenvalue weighted by atomic mass is 16.2. The normalized spacial score (nSPS) is 12.6. The summed E-state index contributed by atoms with van der Waals surface area (Å²) in [6.45, 7) is 2.17. The van der Waals surface area contributed by atoms with Gasteiger partial charge in [0.15, 0.2) is 0 Å². The van der Waals surface area contributed by atoms with Gasteiger partial charge in [-0.2, -0.15) is 0 Å². The Morgan fingerprint density at radius 1 is 1.19 bits per heavy atom. The van der Waals surface area contributed by atoms with Crippen molar-refractivity contribution in [2.45, 2.75) is 32.7 Å². The number of aromatic nitrogens is 2. The average Bonchev–Trinajstić information content (AvgIpc) is 3.15. The van der Waals surface area contributed by atoms with Gasteiger partial charge in [0.05, 0.1) is 6.54 Å². The van der Waals surface area contributed by atoms with E-state index >= 15 is 0 Å². The second kappa shape index (κ2) is 7.19. The van der Waals surface area contributed by atoms with E-state index in [0.29, 0.717) is 12.1 Å². The van der Waals surface area contributed by atoms with E-state index in [1.54, 1.807) is 30.1 Å². The van der Waals surface area contributed by atoms with Crippen molar-refractivity contribution in [3.63, 3.8) is 0 Å². The summed E-state index contributed by atoms with van der Waals surface area (Å²) in [7, 11) is 0. The van der Waals surface area contributed by atoms with Gasteiger partial charge >= 0.3 is 0 Å². The summed E-state index contributed by atoms with van der Waals surface area (Å²) >= 11 is 0. The topological polar surface area (TPSA) is 64.0 Å². The van der Waals surface area contributed by atoms with Crippen molar-refractivity contribution in [3.05, 3.63) is 93.2 Å². The van der Waals surface area contributed by atoms with E-state index in [1.165, 1.54) is 11.1 Å². The SMILES string of the molecule is Cc1ccn(Cc2cccnc2)c(=O)c1C(=O)Nc1cccc2c1CCC2. The van der Waals surface area contributed by atoms with Crippen molar-refractivity contribution in [1.29, 1.82) is 0 Å². The summed E-state index contributed by atoms with van der Waals surface area (Å²) in [5.74, 6) is -0.349. The van der Waals surface area contributed by atoms with E-state index in [1.807, 2.05) is 30.3 Å². The fraction of sp³-hybridized carbons (Fsp3) is 0.227. The fourth-order valence-electron chi connectivity index (χ4n) is 3.68. The molecule has 5 heteroatoms. The number of nitrogens with one attached hydrogen (secondary N) is 1. The molecular formula is C22H21N3O2. The molecule has 2 heterocycles. The highest BCUT2D eigenvalue weighted by Crippen LogP contribution is 2.29. The highest BCUT2D eigenvalue weighted by molar-refractivity contribution is 6.05. The molecule has 1 N–H and O–H groups in total. The number of rotatable bonds is 4. The molecular weight excluding hydrogens is 338 g/mol. The molecule has 0 saturated heterocycles. The maximum atomic E-state index is 12.9. The van der Waals surface area contributed by atoms with Crippen LogP contribution in [0.3, 0.4) is 0 Å². The summed E-state index contributed by atoms with van der Waals surface area (Å²) in [5.41, 5.74) is 4.78. The summed E-state index contributed by atoms with van der Waals surface area (Å²) in [6.07, 6.45) is 8.25. The van der Waals surface area contributed by atoms with Crippen molar-refractivity contribution in [3.8, 4) is 0 Å². The second-order valence-corrected chi connectivity index (χ2v) is 6.92. The molecule has 0 saturated carbocycles. The number of amides is 1. The van der Waals surface area contributed by atoms with Gasteiger partial charge in [-0.1, -0.05) is 18.2 Å². The minimum Gasteiger partial charge on any atom is -0.322 e. The Morgan fingerprint density at radius 3 is 2.89 bits per heavy atom. The standard InChI is InChI=1S/C22H21N3O2/c1-15-10-12-25(14-16-5-4-11-23-13-16)22(27)20(15)21(26)24-19-9-3-7-17-6-2-8-18(17)19/h3-5,7,9-13H,2,6,8,14H2,1H3,(H,24,26). The van der Waals surface area contributed by atoms with Crippen molar-refractivity contribution in [1.82, 2.24) is 9.55 Å². The number of aryl methyl sites for hydroxylation is 2. The van der Waals surface area contributed by atoms with Gasteiger partial charge in [-0.3, -0.25) is 14.6 Å². The van der Waals surface area contributed by atoms with Gasteiger partial charge in [0.2, 0.25) is 0 Å². The largest absolute Gasteiger partial charge is 0.322 e. The van der Waals surface area contributed by atoms with Crippen molar-refractivity contribution >= 4 is 11.6 Å². The summed E-state index contributed by atoms with van der Waals surface area (Å²) in [5, 5.41) is 2.97. The van der Waals surface area contributed by atoms with E-state index in [0.717, 1.165) is 30.5 Å². The van der Waals surface area contributed by atoms with Crippen LogP contribution in [0.25, 0.3) is 0 Å². The minimum absolute atomic E-state index is 0.192. The molecule has 136 valence electrons. The quantitative estimate of drug-likeness (QED) is 0.777. The van der Waals surface area contributed by atoms with Crippen molar-refractivity contribution < 1.29 is 4.79 Å². The molecule has 0 fully saturated rings. The van der Waals surface area contributed by atoms with Gasteiger partial charge in [-0.25, -0.2) is 0 Å². The van der Waals surface area contributed by atoms with Crippen LogP contribution in [0.15, 0.2) is 59.8 Å². The van der Waals surface area contributed by atoms with Gasteiger partial charge < -0.3 is 9.88 Å². The predicted octanol–water partition coefficient (Wildman–Crippen LogP) is 3.34. The van der Waals surface area contributed by atoms with E-state index in [9.17, 15) is 9.59 Å². The molecule has 27 heavy (non-hydrogen) atoms. The number of hydrogen-bond acceptors (Lipinski definition) is 3. The van der Waals surface area contributed by atoms with Gasteiger partial charge in [0, 0.05) is 24.3 Å². The van der Waals surface area contributed by atoms with Crippen LogP contribution in [0.5, 0.6) is 0 Å². The number of anilines is 1. The van der Waals surface area contributed by atoms with E-state index in [4.69, 9.17) is 0 Å². The lowest BCUT2D eigenvalue weighted by atomic mass is 10.1. The molecule has 1 aliphatic rings. The number of carbonyl (C=O) groups is 1. The molecule has 5 nitrogen and oxygen atoms in total. The Labute approximate surface area is 157 Å². The molecule has 0 radical (unpaired) electrons. The van der Waals surface area contributed by atoms with Crippen LogP contribution in [0.1, 0.15) is 39.0 Å². The first kappa shape index (κ1) is 17.2. The smallest absolute Gasteiger partial charge is 0.263 e. The number of nitrogens with zero attached hydrogens (tertiary/aromatic N) is 2. The van der Waals surface area contributed by atoms with Crippen LogP contribution in [0.4, 0.5) is 5.69 Å². The van der Waals surface area contributed by atoms with Gasteiger partial charge in [-0.05, 0) is 66.6 Å². The van der Waals surface area contributed by atoms with E-state index in [2.05, 4.69) is 16.4 Å². The fourth-order valence-corrected chi connectivity index (χ4v) is 3.68. The average molecular weight is 359 g/mol. The van der Waals surface area contributed by atoms with Gasteiger partial charge in [0.1, 0.15) is 5.56 Å². The Kier molecular flexibility index (Phi) is 4.59. The molecule has 4 rings (SSSR count). The monoisotopic (exact) mass is 359 g/mol. The van der Waals surface area contributed by atoms with Gasteiger partial charge in [0.25, 0.3) is 11.5 Å². The number of hydrogen-bond donors (Lipinski definition) is 1. The molecule has 2 aromatic heterocycles. The third kappa shape index (κ3) is 3.40. The van der Waals surface area contributed by atoms with Crippen LogP contribution in [-0.2, 0) is 19.4 Å². The Morgan fingerprint density at radius 2 is 2.07 bits per heavy atom. The van der Waals surface area contributed by atoms with Crippen LogP contribution >= 0.6 is 0 Å². The maximum absolute atomic E-state index is 12.9. The number of carbonyl (C=O) groups excluding carboxylic acids is 1. The predicted molar refractivity (Wildman–Crippen MR) is 105 cm³/mol. The molecule has 1 amide bonds. The Bertz CT molecular complexity index is 1050. The van der Waals surface area contributed by atoms with E-state index in [-0.39, 0.29) is 17.0 Å². The molecule has 3 aromatic rings. The summed E-state index contributed by atoms with van der Waals surface area (Å²) < 4.78 is 1.55. The first-order chi connectivity index (χ1) is 13.1. The first-order valence-electron chi connectivity index (χ1n) is 9.14. The molecule has 0 unspecified atom stereocenters. The third-order valence-corrected chi connectivity index (χ3v) is 5.07. The lowest BCUT2D eigenvalue weighted by Gasteiger charge is -2.13. The molecule has 1 aliphatic carbocycles. The molecule has 0 aliphatic heterocycles. The highest BCUT2D eigenvalue weighted by Gasteiger charge is 2.20. The first-order valence-corrected chi connectivity index (χ1v) is 9.14. The van der Waals surface area contributed by atoms with E-state index < -0.39 is 0 Å². The minimum atomic E-state index is -0.349. The van der Waals surface area contributed by atoms with Crippen LogP contribution < -0.4 is 10.9 Å². The second-order valence-electron chi connectivity index (χ2n) is 6.92. The molecule has 0 atom stereocenters. The molecule has 0 spiro atoms. The number of pyridine rings is 2. The van der Waals surface area contributed by atoms with Crippen LogP contribution in [-0.4, -0.2) is 15.5 Å². The van der Waals surface area contributed by atoms with Crippen LogP contribution in [0.2, 0.25) is 0 Å². The maximum Gasteiger partial charge on any atom is 0.263 e. The molecule has 1 aromatic carbocycles. The van der Waals surface area contributed by atoms with Crippen molar-refractivity contribution in [2.24, 2.45) is 0 Å². The third-order valence-electron chi connectivity index (χ3n) is 5.07. The molecule has 0 bridgehead atoms. The lowest BCUT2D eigenvalue weighted by molar-refractivity contribution is 0.102. The Balaban J connectivity index is 1.65.